The summed E-state index contributed by atoms with van der Waals surface area (Å²) in [5.41, 5.74) is 0.643. The lowest BCUT2D eigenvalue weighted by molar-refractivity contribution is 0.251. The zero-order chi connectivity index (χ0) is 8.97. The minimum absolute atomic E-state index is 0.0139. The van der Waals surface area contributed by atoms with Crippen molar-refractivity contribution < 1.29 is 5.11 Å². The predicted molar refractivity (Wildman–Crippen MR) is 45.9 cm³/mol. The average Bonchev–Trinajstić information content (AvgIpc) is 2.07. The predicted octanol–water partition coefficient (Wildman–Crippen LogP) is -0.372. The van der Waals surface area contributed by atoms with E-state index in [4.69, 9.17) is 5.11 Å². The molecular weight excluding hydrogens is 156 g/mol. The van der Waals surface area contributed by atoms with Crippen molar-refractivity contribution in [2.24, 2.45) is 0 Å². The first-order chi connectivity index (χ1) is 5.77. The van der Waals surface area contributed by atoms with Gasteiger partial charge in [-0.3, -0.25) is 4.79 Å². The summed E-state index contributed by atoms with van der Waals surface area (Å²) in [5.74, 6) is 0. The van der Waals surface area contributed by atoms with Crippen molar-refractivity contribution in [1.82, 2.24) is 10.3 Å². The third-order valence-electron chi connectivity index (χ3n) is 1.73. The van der Waals surface area contributed by atoms with E-state index in [1.54, 1.807) is 19.3 Å². The Bertz CT molecular complexity index is 291. The molecule has 1 heterocycles. The Labute approximate surface area is 70.3 Å². The lowest BCUT2D eigenvalue weighted by Crippen LogP contribution is -2.21. The highest BCUT2D eigenvalue weighted by Crippen LogP contribution is 2.07. The summed E-state index contributed by atoms with van der Waals surface area (Å²) in [6, 6.07) is 3.07. The number of hydrogen-bond acceptors (Lipinski definition) is 3. The zero-order valence-corrected chi connectivity index (χ0v) is 6.87. The fraction of sp³-hybridized carbons (Fsp3) is 0.375. The van der Waals surface area contributed by atoms with Crippen LogP contribution in [0.3, 0.4) is 0 Å². The van der Waals surface area contributed by atoms with Gasteiger partial charge in [-0.05, 0) is 18.7 Å². The number of aromatic nitrogens is 1. The third kappa shape index (κ3) is 1.93. The van der Waals surface area contributed by atoms with Gasteiger partial charge in [0.1, 0.15) is 0 Å². The van der Waals surface area contributed by atoms with Crippen LogP contribution >= 0.6 is 0 Å². The first-order valence-corrected chi connectivity index (χ1v) is 3.74. The van der Waals surface area contributed by atoms with Crippen LogP contribution in [0, 0.1) is 0 Å². The van der Waals surface area contributed by atoms with Gasteiger partial charge in [-0.1, -0.05) is 0 Å². The van der Waals surface area contributed by atoms with Gasteiger partial charge in [0.15, 0.2) is 0 Å². The van der Waals surface area contributed by atoms with E-state index < -0.39 is 0 Å². The second-order valence-corrected chi connectivity index (χ2v) is 2.51. The van der Waals surface area contributed by atoms with E-state index in [0.717, 1.165) is 5.56 Å². The number of likely N-dealkylation sites (N-methyl/N-ethyl adjacent to an activating group) is 1. The highest BCUT2D eigenvalue weighted by molar-refractivity contribution is 5.14. The van der Waals surface area contributed by atoms with Crippen molar-refractivity contribution in [3.8, 4) is 0 Å². The van der Waals surface area contributed by atoms with E-state index in [-0.39, 0.29) is 18.2 Å². The molecule has 0 radical (unpaired) electrons. The molecule has 0 amide bonds. The monoisotopic (exact) mass is 168 g/mol. The number of pyridine rings is 1. The highest BCUT2D eigenvalue weighted by atomic mass is 16.3. The van der Waals surface area contributed by atoms with Crippen molar-refractivity contribution in [2.75, 3.05) is 13.7 Å². The van der Waals surface area contributed by atoms with E-state index in [1.165, 1.54) is 6.07 Å². The second kappa shape index (κ2) is 4.04. The molecule has 0 saturated carbocycles. The molecule has 12 heavy (non-hydrogen) atoms. The van der Waals surface area contributed by atoms with E-state index in [0.29, 0.717) is 0 Å². The van der Waals surface area contributed by atoms with E-state index in [2.05, 4.69) is 10.3 Å². The Morgan fingerprint density at radius 1 is 1.75 bits per heavy atom. The van der Waals surface area contributed by atoms with Gasteiger partial charge >= 0.3 is 0 Å². The van der Waals surface area contributed by atoms with Gasteiger partial charge in [-0.25, -0.2) is 0 Å². The van der Waals surface area contributed by atoms with Gasteiger partial charge in [0.25, 0.3) is 0 Å². The number of aliphatic hydroxyl groups is 1. The van der Waals surface area contributed by atoms with Gasteiger partial charge in [-0.15, -0.1) is 0 Å². The highest BCUT2D eigenvalue weighted by Gasteiger charge is 2.06. The van der Waals surface area contributed by atoms with Crippen LogP contribution in [0.5, 0.6) is 0 Å². The number of aliphatic hydroxyl groups excluding tert-OH is 1. The molecule has 0 aromatic carbocycles. The Balaban J connectivity index is 2.93. The number of aromatic amines is 1. The standard InChI is InChI=1S/C8H12N2O2/c1-9-7(5-11)6-2-3-10-8(12)4-6/h2-4,7,9,11H,5H2,1H3,(H,10,12)/t7-/m1/s1. The molecule has 66 valence electrons. The molecular formula is C8H12N2O2. The van der Waals surface area contributed by atoms with Crippen molar-refractivity contribution in [1.29, 1.82) is 0 Å². The quantitative estimate of drug-likeness (QED) is 0.577. The Morgan fingerprint density at radius 2 is 2.50 bits per heavy atom. The number of nitrogens with one attached hydrogen (secondary N) is 2. The molecule has 1 atom stereocenters. The molecule has 4 heteroatoms. The zero-order valence-electron chi connectivity index (χ0n) is 6.87. The first-order valence-electron chi connectivity index (χ1n) is 3.74. The van der Waals surface area contributed by atoms with Crippen LogP contribution in [-0.2, 0) is 0 Å². The molecule has 1 rings (SSSR count). The van der Waals surface area contributed by atoms with Crippen molar-refractivity contribution in [3.05, 3.63) is 34.2 Å². The molecule has 0 saturated heterocycles. The van der Waals surface area contributed by atoms with Crippen molar-refractivity contribution >= 4 is 0 Å². The lowest BCUT2D eigenvalue weighted by Gasteiger charge is -2.11. The van der Waals surface area contributed by atoms with Crippen LogP contribution in [0.4, 0.5) is 0 Å². The molecule has 0 unspecified atom stereocenters. The fourth-order valence-electron chi connectivity index (χ4n) is 1.04. The average molecular weight is 168 g/mol. The third-order valence-corrected chi connectivity index (χ3v) is 1.73. The summed E-state index contributed by atoms with van der Waals surface area (Å²) in [6.45, 7) is -0.0139. The minimum Gasteiger partial charge on any atom is -0.394 e. The molecule has 0 aliphatic rings. The fourth-order valence-corrected chi connectivity index (χ4v) is 1.04. The van der Waals surface area contributed by atoms with E-state index in [9.17, 15) is 4.79 Å². The Hall–Kier alpha value is -1.13. The summed E-state index contributed by atoms with van der Waals surface area (Å²) in [7, 11) is 1.74. The number of hydrogen-bond donors (Lipinski definition) is 3. The Morgan fingerprint density at radius 3 is 3.00 bits per heavy atom. The molecule has 0 spiro atoms. The van der Waals surface area contributed by atoms with Crippen molar-refractivity contribution in [2.45, 2.75) is 6.04 Å². The van der Waals surface area contributed by atoms with Crippen LogP contribution in [0.15, 0.2) is 23.1 Å². The summed E-state index contributed by atoms with van der Waals surface area (Å²) in [5, 5.41) is 11.8. The number of rotatable bonds is 3. The molecule has 0 aliphatic carbocycles. The van der Waals surface area contributed by atoms with E-state index in [1.807, 2.05) is 0 Å². The molecule has 1 aromatic rings. The van der Waals surface area contributed by atoms with Crippen LogP contribution in [-0.4, -0.2) is 23.7 Å². The number of H-pyrrole nitrogens is 1. The van der Waals surface area contributed by atoms with Gasteiger partial charge in [0.05, 0.1) is 12.6 Å². The normalized spacial score (nSPS) is 12.8. The summed E-state index contributed by atoms with van der Waals surface area (Å²) in [4.78, 5) is 13.4. The van der Waals surface area contributed by atoms with Crippen LogP contribution < -0.4 is 10.9 Å². The van der Waals surface area contributed by atoms with Gasteiger partial charge < -0.3 is 15.4 Å². The summed E-state index contributed by atoms with van der Waals surface area (Å²) >= 11 is 0. The SMILES string of the molecule is CN[C@H](CO)c1cc[nH]c(=O)c1. The molecule has 0 fully saturated rings. The maximum Gasteiger partial charge on any atom is 0.248 e. The maximum atomic E-state index is 10.9. The van der Waals surface area contributed by atoms with Gasteiger partial charge in [0.2, 0.25) is 5.56 Å². The van der Waals surface area contributed by atoms with E-state index >= 15 is 0 Å². The molecule has 1 aromatic heterocycles. The molecule has 3 N–H and O–H groups in total. The minimum atomic E-state index is -0.160. The Kier molecular flexibility index (Phi) is 3.01. The smallest absolute Gasteiger partial charge is 0.248 e. The van der Waals surface area contributed by atoms with Gasteiger partial charge in [0, 0.05) is 12.3 Å². The first kappa shape index (κ1) is 8.96. The van der Waals surface area contributed by atoms with Crippen molar-refractivity contribution in [3.63, 3.8) is 0 Å². The molecule has 0 aliphatic heterocycles. The summed E-state index contributed by atoms with van der Waals surface area (Å²) < 4.78 is 0. The van der Waals surface area contributed by atoms with Crippen LogP contribution in [0.25, 0.3) is 0 Å². The lowest BCUT2D eigenvalue weighted by atomic mass is 10.1. The summed E-state index contributed by atoms with van der Waals surface area (Å²) in [6.07, 6.45) is 1.57. The topological polar surface area (TPSA) is 65.1 Å². The van der Waals surface area contributed by atoms with Crippen LogP contribution in [0.1, 0.15) is 11.6 Å². The molecule has 0 bridgehead atoms. The van der Waals surface area contributed by atoms with Gasteiger partial charge in [-0.2, -0.15) is 0 Å². The maximum absolute atomic E-state index is 10.9. The largest absolute Gasteiger partial charge is 0.394 e. The van der Waals surface area contributed by atoms with Crippen LogP contribution in [0.2, 0.25) is 0 Å². The second-order valence-electron chi connectivity index (χ2n) is 2.51. The molecule has 4 nitrogen and oxygen atoms in total.